The summed E-state index contributed by atoms with van der Waals surface area (Å²) >= 11 is 7.29. The number of carbonyl (C=O) groups excluding carboxylic acids is 2. The molecular formula is C26H33ClN4O4S. The van der Waals surface area contributed by atoms with Gasteiger partial charge in [0, 0.05) is 40.1 Å². The molecule has 2 heterocycles. The molecule has 4 rings (SSSR count). The Labute approximate surface area is 220 Å². The Balaban J connectivity index is 1.42. The SMILES string of the molecule is CC(C)(C)NC1CCC(N2CC[C@H](NC(=O)c3csc(-c4ccc(Cl)cc4)n3)C2=O)C(C)(C(=O)O)C1. The molecule has 1 aromatic heterocycles. The third kappa shape index (κ3) is 5.58. The number of carboxylic acids is 1. The van der Waals surface area contributed by atoms with E-state index < -0.39 is 29.4 Å². The summed E-state index contributed by atoms with van der Waals surface area (Å²) in [7, 11) is 0. The van der Waals surface area contributed by atoms with Crippen molar-refractivity contribution in [3.05, 3.63) is 40.4 Å². The van der Waals surface area contributed by atoms with Crippen LogP contribution < -0.4 is 10.6 Å². The number of likely N-dealkylation sites (tertiary alicyclic amines) is 1. The first-order valence-electron chi connectivity index (χ1n) is 12.2. The van der Waals surface area contributed by atoms with Gasteiger partial charge in [0.1, 0.15) is 16.7 Å². The number of amides is 2. The Kier molecular flexibility index (Phi) is 7.46. The lowest BCUT2D eigenvalue weighted by atomic mass is 9.68. The summed E-state index contributed by atoms with van der Waals surface area (Å²) in [6.45, 7) is 8.35. The molecular weight excluding hydrogens is 500 g/mol. The highest BCUT2D eigenvalue weighted by Crippen LogP contribution is 2.41. The predicted octanol–water partition coefficient (Wildman–Crippen LogP) is 4.19. The number of rotatable bonds is 6. The van der Waals surface area contributed by atoms with Crippen LogP contribution in [0.2, 0.25) is 5.02 Å². The molecule has 2 aromatic rings. The maximum absolute atomic E-state index is 13.3. The second kappa shape index (κ2) is 10.1. The van der Waals surface area contributed by atoms with Crippen molar-refractivity contribution >= 4 is 40.7 Å². The van der Waals surface area contributed by atoms with Crippen LogP contribution in [0.1, 0.15) is 63.9 Å². The third-order valence-electron chi connectivity index (χ3n) is 7.07. The second-order valence-electron chi connectivity index (χ2n) is 11.0. The van der Waals surface area contributed by atoms with Crippen LogP contribution in [0.3, 0.4) is 0 Å². The number of nitrogens with one attached hydrogen (secondary N) is 2. The summed E-state index contributed by atoms with van der Waals surface area (Å²) in [5.41, 5.74) is -0.0896. The number of aliphatic carboxylic acids is 1. The van der Waals surface area contributed by atoms with Crippen molar-refractivity contribution in [2.75, 3.05) is 6.54 Å². The quantitative estimate of drug-likeness (QED) is 0.514. The molecule has 1 aromatic carbocycles. The highest BCUT2D eigenvalue weighted by atomic mass is 35.5. The summed E-state index contributed by atoms with van der Waals surface area (Å²) < 4.78 is 0. The van der Waals surface area contributed by atoms with Gasteiger partial charge in [0.2, 0.25) is 5.91 Å². The van der Waals surface area contributed by atoms with Crippen molar-refractivity contribution in [3.63, 3.8) is 0 Å². The fourth-order valence-electron chi connectivity index (χ4n) is 5.37. The Morgan fingerprint density at radius 2 is 1.89 bits per heavy atom. The lowest BCUT2D eigenvalue weighted by Crippen LogP contribution is -2.59. The number of nitrogens with zero attached hydrogens (tertiary/aromatic N) is 2. The van der Waals surface area contributed by atoms with E-state index >= 15 is 0 Å². The van der Waals surface area contributed by atoms with Gasteiger partial charge < -0.3 is 20.6 Å². The van der Waals surface area contributed by atoms with Crippen LogP contribution in [0, 0.1) is 5.41 Å². The van der Waals surface area contributed by atoms with Crippen molar-refractivity contribution in [2.45, 2.75) is 77.0 Å². The van der Waals surface area contributed by atoms with E-state index in [9.17, 15) is 19.5 Å². The van der Waals surface area contributed by atoms with Gasteiger partial charge in [-0.2, -0.15) is 0 Å². The summed E-state index contributed by atoms with van der Waals surface area (Å²) in [6.07, 6.45) is 2.27. The van der Waals surface area contributed by atoms with Gasteiger partial charge in [0.15, 0.2) is 0 Å². The van der Waals surface area contributed by atoms with Crippen molar-refractivity contribution < 1.29 is 19.5 Å². The summed E-state index contributed by atoms with van der Waals surface area (Å²) in [5, 5.41) is 19.5. The average Bonchev–Trinajstić information content (AvgIpc) is 3.41. The first-order chi connectivity index (χ1) is 16.9. The molecule has 1 saturated heterocycles. The zero-order valence-electron chi connectivity index (χ0n) is 21.0. The zero-order valence-corrected chi connectivity index (χ0v) is 22.6. The normalized spacial score (nSPS) is 26.8. The van der Waals surface area contributed by atoms with E-state index in [1.807, 2.05) is 12.1 Å². The molecule has 1 aliphatic carbocycles. The molecule has 3 N–H and O–H groups in total. The number of hydrogen-bond acceptors (Lipinski definition) is 6. The van der Waals surface area contributed by atoms with Gasteiger partial charge in [-0.1, -0.05) is 23.7 Å². The van der Waals surface area contributed by atoms with Gasteiger partial charge in [0.25, 0.3) is 5.91 Å². The summed E-state index contributed by atoms with van der Waals surface area (Å²) in [6, 6.07) is 6.16. The minimum atomic E-state index is -1.07. The van der Waals surface area contributed by atoms with Gasteiger partial charge in [0.05, 0.1) is 5.41 Å². The van der Waals surface area contributed by atoms with E-state index in [1.54, 1.807) is 29.3 Å². The van der Waals surface area contributed by atoms with E-state index in [2.05, 4.69) is 36.4 Å². The van der Waals surface area contributed by atoms with E-state index in [0.29, 0.717) is 35.8 Å². The predicted molar refractivity (Wildman–Crippen MR) is 140 cm³/mol. The number of hydrogen-bond donors (Lipinski definition) is 3. The fourth-order valence-corrected chi connectivity index (χ4v) is 6.31. The topological polar surface area (TPSA) is 112 Å². The van der Waals surface area contributed by atoms with Crippen LogP contribution in [-0.2, 0) is 9.59 Å². The first kappa shape index (κ1) is 26.6. The van der Waals surface area contributed by atoms with Crippen LogP contribution in [0.5, 0.6) is 0 Å². The van der Waals surface area contributed by atoms with E-state index in [1.165, 1.54) is 11.3 Å². The molecule has 8 nitrogen and oxygen atoms in total. The highest BCUT2D eigenvalue weighted by Gasteiger charge is 2.52. The molecule has 36 heavy (non-hydrogen) atoms. The van der Waals surface area contributed by atoms with Crippen LogP contribution in [0.25, 0.3) is 10.6 Å². The molecule has 4 atom stereocenters. The van der Waals surface area contributed by atoms with Crippen molar-refractivity contribution in [3.8, 4) is 10.6 Å². The van der Waals surface area contributed by atoms with Crippen LogP contribution in [-0.4, -0.2) is 63.0 Å². The molecule has 0 bridgehead atoms. The number of aromatic nitrogens is 1. The molecule has 2 aliphatic rings. The maximum atomic E-state index is 13.3. The standard InChI is InChI=1S/C26H33ClN4O4S/c1-25(2,3)30-17-9-10-20(26(4,13-17)24(34)35)31-12-11-18(23(31)33)28-21(32)19-14-36-22(29-19)15-5-7-16(27)8-6-15/h5-8,14,17-18,20,30H,9-13H2,1-4H3,(H,28,32)(H,34,35)/t17?,18-,20?,26?/m0/s1. The van der Waals surface area contributed by atoms with Crippen LogP contribution in [0.4, 0.5) is 0 Å². The molecule has 2 fully saturated rings. The first-order valence-corrected chi connectivity index (χ1v) is 13.5. The highest BCUT2D eigenvalue weighted by molar-refractivity contribution is 7.13. The number of halogens is 1. The number of carbonyl (C=O) groups is 3. The fraction of sp³-hybridized carbons (Fsp3) is 0.538. The molecule has 0 spiro atoms. The molecule has 1 saturated carbocycles. The number of carboxylic acid groups (broad SMARTS) is 1. The largest absolute Gasteiger partial charge is 0.481 e. The molecule has 3 unspecified atom stereocenters. The van der Waals surface area contributed by atoms with E-state index in [-0.39, 0.29) is 23.2 Å². The zero-order chi connectivity index (χ0) is 26.3. The lowest BCUT2D eigenvalue weighted by molar-refractivity contribution is -0.158. The second-order valence-corrected chi connectivity index (χ2v) is 12.3. The third-order valence-corrected chi connectivity index (χ3v) is 8.21. The Bertz CT molecular complexity index is 1150. The smallest absolute Gasteiger partial charge is 0.311 e. The molecule has 194 valence electrons. The maximum Gasteiger partial charge on any atom is 0.311 e. The van der Waals surface area contributed by atoms with E-state index in [4.69, 9.17) is 11.6 Å². The van der Waals surface area contributed by atoms with Crippen LogP contribution in [0.15, 0.2) is 29.6 Å². The molecule has 1 aliphatic heterocycles. The van der Waals surface area contributed by atoms with Gasteiger partial charge in [-0.25, -0.2) is 4.98 Å². The molecule has 2 amide bonds. The average molecular weight is 533 g/mol. The lowest BCUT2D eigenvalue weighted by Gasteiger charge is -2.47. The van der Waals surface area contributed by atoms with E-state index in [0.717, 1.165) is 12.0 Å². The minimum Gasteiger partial charge on any atom is -0.481 e. The van der Waals surface area contributed by atoms with Crippen molar-refractivity contribution in [2.24, 2.45) is 5.41 Å². The van der Waals surface area contributed by atoms with Gasteiger partial charge in [-0.15, -0.1) is 11.3 Å². The van der Waals surface area contributed by atoms with Gasteiger partial charge >= 0.3 is 5.97 Å². The monoisotopic (exact) mass is 532 g/mol. The Morgan fingerprint density at radius 3 is 2.53 bits per heavy atom. The van der Waals surface area contributed by atoms with Crippen molar-refractivity contribution in [1.29, 1.82) is 0 Å². The number of thiazole rings is 1. The Hall–Kier alpha value is -2.49. The Morgan fingerprint density at radius 1 is 1.19 bits per heavy atom. The van der Waals surface area contributed by atoms with Crippen LogP contribution >= 0.6 is 22.9 Å². The molecule has 10 heteroatoms. The number of benzene rings is 1. The van der Waals surface area contributed by atoms with Crippen molar-refractivity contribution in [1.82, 2.24) is 20.5 Å². The van der Waals surface area contributed by atoms with Gasteiger partial charge in [-0.05, 0) is 65.5 Å². The molecule has 0 radical (unpaired) electrons. The van der Waals surface area contributed by atoms with Gasteiger partial charge in [-0.3, -0.25) is 14.4 Å². The minimum absolute atomic E-state index is 0.0649. The summed E-state index contributed by atoms with van der Waals surface area (Å²) in [4.78, 5) is 44.7. The summed E-state index contributed by atoms with van der Waals surface area (Å²) in [5.74, 6) is -1.53.